The van der Waals surface area contributed by atoms with Crippen molar-refractivity contribution in [2.24, 2.45) is 0 Å². The van der Waals surface area contributed by atoms with E-state index in [-0.39, 0.29) is 11.9 Å². The molecule has 0 bridgehead atoms. The maximum Gasteiger partial charge on any atom is 0.255 e. The summed E-state index contributed by atoms with van der Waals surface area (Å²) in [4.78, 5) is 12.4. The van der Waals surface area contributed by atoms with Crippen molar-refractivity contribution in [2.45, 2.75) is 18.9 Å². The quantitative estimate of drug-likeness (QED) is 0.882. The Hall–Kier alpha value is -2.05. The van der Waals surface area contributed by atoms with Gasteiger partial charge in [0.05, 0.1) is 17.6 Å². The lowest BCUT2D eigenvalue weighted by atomic mass is 10.2. The van der Waals surface area contributed by atoms with Crippen LogP contribution < -0.4 is 9.62 Å². The summed E-state index contributed by atoms with van der Waals surface area (Å²) in [7, 11) is -3.42. The fourth-order valence-corrected chi connectivity index (χ4v) is 4.01. The maximum absolute atomic E-state index is 12.4. The Bertz CT molecular complexity index is 879. The molecule has 2 aromatic rings. The van der Waals surface area contributed by atoms with Gasteiger partial charge in [0, 0.05) is 16.6 Å². The SMILES string of the molecule is CS(=O)(=O)N(c1ccccc1NC(=O)c1cccc(Cl)c1)C1CC1. The van der Waals surface area contributed by atoms with E-state index in [0.29, 0.717) is 22.0 Å². The number of para-hydroxylation sites is 2. The lowest BCUT2D eigenvalue weighted by Crippen LogP contribution is -2.32. The average Bonchev–Trinajstić information content (AvgIpc) is 3.32. The van der Waals surface area contributed by atoms with E-state index in [1.807, 2.05) is 0 Å². The van der Waals surface area contributed by atoms with Gasteiger partial charge < -0.3 is 5.32 Å². The number of nitrogens with zero attached hydrogens (tertiary/aromatic N) is 1. The highest BCUT2D eigenvalue weighted by Crippen LogP contribution is 2.37. The van der Waals surface area contributed by atoms with Crippen LogP contribution in [0.15, 0.2) is 48.5 Å². The molecule has 126 valence electrons. The van der Waals surface area contributed by atoms with Gasteiger partial charge in [-0.3, -0.25) is 9.10 Å². The molecule has 1 amide bonds. The van der Waals surface area contributed by atoms with Crippen LogP contribution in [0.2, 0.25) is 5.02 Å². The Morgan fingerprint density at radius 2 is 1.88 bits per heavy atom. The van der Waals surface area contributed by atoms with Crippen LogP contribution in [0.5, 0.6) is 0 Å². The van der Waals surface area contributed by atoms with Gasteiger partial charge in [-0.1, -0.05) is 29.8 Å². The lowest BCUT2D eigenvalue weighted by molar-refractivity contribution is 0.102. The minimum Gasteiger partial charge on any atom is -0.320 e. The molecule has 1 aliphatic carbocycles. The number of carbonyl (C=O) groups excluding carboxylic acids is 1. The minimum absolute atomic E-state index is 0.0378. The molecule has 0 aliphatic heterocycles. The maximum atomic E-state index is 12.4. The first-order chi connectivity index (χ1) is 11.4. The molecule has 7 heteroatoms. The predicted molar refractivity (Wildman–Crippen MR) is 96.2 cm³/mol. The summed E-state index contributed by atoms with van der Waals surface area (Å²) < 4.78 is 25.7. The number of halogens is 1. The monoisotopic (exact) mass is 364 g/mol. The van der Waals surface area contributed by atoms with E-state index >= 15 is 0 Å². The molecule has 0 aromatic heterocycles. The van der Waals surface area contributed by atoms with Crippen molar-refractivity contribution in [3.8, 4) is 0 Å². The standard InChI is InChI=1S/C17H17ClN2O3S/c1-24(22,23)20(14-9-10-14)16-8-3-2-7-15(16)19-17(21)12-5-4-6-13(18)11-12/h2-8,11,14H,9-10H2,1H3,(H,19,21). The fraction of sp³-hybridized carbons (Fsp3) is 0.235. The first kappa shape index (κ1) is 16.8. The predicted octanol–water partition coefficient (Wildman–Crippen LogP) is 3.52. The number of anilines is 2. The second kappa shape index (κ2) is 6.45. The summed E-state index contributed by atoms with van der Waals surface area (Å²) in [6.07, 6.45) is 2.83. The first-order valence-electron chi connectivity index (χ1n) is 7.51. The van der Waals surface area contributed by atoms with Gasteiger partial charge in [-0.05, 0) is 43.2 Å². The number of nitrogens with one attached hydrogen (secondary N) is 1. The van der Waals surface area contributed by atoms with Gasteiger partial charge in [0.15, 0.2) is 0 Å². The van der Waals surface area contributed by atoms with E-state index in [2.05, 4.69) is 5.32 Å². The largest absolute Gasteiger partial charge is 0.320 e. The van der Waals surface area contributed by atoms with Crippen molar-refractivity contribution in [3.05, 3.63) is 59.1 Å². The second-order valence-corrected chi connectivity index (χ2v) is 8.07. The number of amides is 1. The summed E-state index contributed by atoms with van der Waals surface area (Å²) in [5.74, 6) is -0.339. The van der Waals surface area contributed by atoms with Gasteiger partial charge in [-0.15, -0.1) is 0 Å². The highest BCUT2D eigenvalue weighted by molar-refractivity contribution is 7.92. The highest BCUT2D eigenvalue weighted by atomic mass is 35.5. The van der Waals surface area contributed by atoms with E-state index in [4.69, 9.17) is 11.6 Å². The van der Waals surface area contributed by atoms with Gasteiger partial charge >= 0.3 is 0 Å². The molecule has 0 radical (unpaired) electrons. The lowest BCUT2D eigenvalue weighted by Gasteiger charge is -2.24. The summed E-state index contributed by atoms with van der Waals surface area (Å²) >= 11 is 5.92. The van der Waals surface area contributed by atoms with E-state index in [9.17, 15) is 13.2 Å². The molecule has 1 fully saturated rings. The summed E-state index contributed by atoms with van der Waals surface area (Å²) in [5.41, 5.74) is 1.35. The number of hydrogen-bond donors (Lipinski definition) is 1. The van der Waals surface area contributed by atoms with Gasteiger partial charge in [0.1, 0.15) is 0 Å². The van der Waals surface area contributed by atoms with Crippen LogP contribution in [0.1, 0.15) is 23.2 Å². The number of carbonyl (C=O) groups is 1. The fourth-order valence-electron chi connectivity index (χ4n) is 2.55. The van der Waals surface area contributed by atoms with Crippen LogP contribution in [0.25, 0.3) is 0 Å². The molecule has 0 spiro atoms. The molecule has 24 heavy (non-hydrogen) atoms. The van der Waals surface area contributed by atoms with Crippen LogP contribution in [0.3, 0.4) is 0 Å². The number of benzene rings is 2. The average molecular weight is 365 g/mol. The molecular formula is C17H17ClN2O3S. The molecular weight excluding hydrogens is 348 g/mol. The third-order valence-corrected chi connectivity index (χ3v) is 5.16. The Balaban J connectivity index is 1.93. The molecule has 0 heterocycles. The van der Waals surface area contributed by atoms with Crippen LogP contribution in [-0.2, 0) is 10.0 Å². The van der Waals surface area contributed by atoms with E-state index < -0.39 is 10.0 Å². The van der Waals surface area contributed by atoms with Gasteiger partial charge in [0.25, 0.3) is 5.91 Å². The molecule has 5 nitrogen and oxygen atoms in total. The number of sulfonamides is 1. The van der Waals surface area contributed by atoms with E-state index in [1.54, 1.807) is 48.5 Å². The van der Waals surface area contributed by atoms with Crippen molar-refractivity contribution < 1.29 is 13.2 Å². The van der Waals surface area contributed by atoms with Crippen molar-refractivity contribution in [3.63, 3.8) is 0 Å². The van der Waals surface area contributed by atoms with Gasteiger partial charge in [0.2, 0.25) is 10.0 Å². The molecule has 2 aromatic carbocycles. The van der Waals surface area contributed by atoms with Crippen LogP contribution in [0, 0.1) is 0 Å². The Morgan fingerprint density at radius 1 is 1.17 bits per heavy atom. The zero-order valence-electron chi connectivity index (χ0n) is 13.1. The summed E-state index contributed by atoms with van der Waals surface area (Å²) in [6, 6.07) is 13.5. The van der Waals surface area contributed by atoms with E-state index in [1.165, 1.54) is 10.6 Å². The molecule has 1 saturated carbocycles. The number of hydrogen-bond acceptors (Lipinski definition) is 3. The molecule has 0 unspecified atom stereocenters. The molecule has 1 aliphatic rings. The van der Waals surface area contributed by atoms with Crippen molar-refractivity contribution in [1.29, 1.82) is 0 Å². The smallest absolute Gasteiger partial charge is 0.255 e. The third kappa shape index (κ3) is 3.71. The first-order valence-corrected chi connectivity index (χ1v) is 9.74. The normalized spacial score (nSPS) is 14.2. The Kier molecular flexibility index (Phi) is 4.51. The molecule has 1 N–H and O–H groups in total. The zero-order chi connectivity index (χ0) is 17.3. The van der Waals surface area contributed by atoms with Crippen LogP contribution in [0.4, 0.5) is 11.4 Å². The van der Waals surface area contributed by atoms with Gasteiger partial charge in [-0.2, -0.15) is 0 Å². The van der Waals surface area contributed by atoms with Crippen LogP contribution >= 0.6 is 11.6 Å². The summed E-state index contributed by atoms with van der Waals surface area (Å²) in [5, 5.41) is 3.25. The van der Waals surface area contributed by atoms with Crippen LogP contribution in [-0.4, -0.2) is 26.6 Å². The highest BCUT2D eigenvalue weighted by Gasteiger charge is 2.36. The zero-order valence-corrected chi connectivity index (χ0v) is 14.6. The third-order valence-electron chi connectivity index (χ3n) is 3.71. The molecule has 0 saturated heterocycles. The molecule has 3 rings (SSSR count). The van der Waals surface area contributed by atoms with Crippen molar-refractivity contribution in [2.75, 3.05) is 15.9 Å². The molecule has 0 atom stereocenters. The summed E-state index contributed by atoms with van der Waals surface area (Å²) in [6.45, 7) is 0. The Morgan fingerprint density at radius 3 is 2.50 bits per heavy atom. The minimum atomic E-state index is -3.42. The van der Waals surface area contributed by atoms with Gasteiger partial charge in [-0.25, -0.2) is 8.42 Å². The topological polar surface area (TPSA) is 66.5 Å². The second-order valence-electron chi connectivity index (χ2n) is 5.77. The number of rotatable bonds is 5. The van der Waals surface area contributed by atoms with Crippen molar-refractivity contribution in [1.82, 2.24) is 0 Å². The van der Waals surface area contributed by atoms with E-state index in [0.717, 1.165) is 12.8 Å². The van der Waals surface area contributed by atoms with Crippen molar-refractivity contribution >= 4 is 38.9 Å². The Labute approximate surface area is 146 Å².